The molecule has 0 saturated carbocycles. The fourth-order valence-corrected chi connectivity index (χ4v) is 5.38. The monoisotopic (exact) mass is 333 g/mol. The van der Waals surface area contributed by atoms with Gasteiger partial charge in [0, 0.05) is 11.4 Å². The maximum absolute atomic E-state index is 11.7. The summed E-state index contributed by atoms with van der Waals surface area (Å²) in [5, 5.41) is 15.0. The van der Waals surface area contributed by atoms with Crippen molar-refractivity contribution in [3.63, 3.8) is 0 Å². The van der Waals surface area contributed by atoms with E-state index in [-0.39, 0.29) is 35.0 Å². The molecule has 0 bridgehead atoms. The normalized spacial score (nSPS) is 20.3. The van der Waals surface area contributed by atoms with E-state index in [1.54, 1.807) is 0 Å². The molecule has 21 heavy (non-hydrogen) atoms. The summed E-state index contributed by atoms with van der Waals surface area (Å²) in [6.07, 6.45) is 3.37. The number of carboxylic acid groups (broad SMARTS) is 1. The van der Waals surface area contributed by atoms with E-state index in [0.29, 0.717) is 12.1 Å². The first-order valence-corrected chi connectivity index (χ1v) is 9.07. The Bertz CT molecular complexity index is 640. The standard InChI is InChI=1S/C11H15N3O5S2/c15-10(6-20-9-1-2-21(18,19)7-9)13-8-3-12-14(4-8)5-11(16)17/h3-4,9H,1-2,5-7H2,(H,13,15)(H,16,17). The number of carbonyl (C=O) groups excluding carboxylic acids is 1. The number of nitrogens with zero attached hydrogens (tertiary/aromatic N) is 2. The highest BCUT2D eigenvalue weighted by Gasteiger charge is 2.28. The topological polar surface area (TPSA) is 118 Å². The number of anilines is 1. The zero-order valence-electron chi connectivity index (χ0n) is 11.1. The Morgan fingerprint density at radius 1 is 1.52 bits per heavy atom. The van der Waals surface area contributed by atoms with Crippen molar-refractivity contribution < 1.29 is 23.1 Å². The fraction of sp³-hybridized carbons (Fsp3) is 0.545. The molecule has 1 aliphatic heterocycles. The third-order valence-corrected chi connectivity index (χ3v) is 6.14. The van der Waals surface area contributed by atoms with Crippen LogP contribution in [0.1, 0.15) is 6.42 Å². The van der Waals surface area contributed by atoms with Crippen molar-refractivity contribution in [2.24, 2.45) is 0 Å². The van der Waals surface area contributed by atoms with Crippen LogP contribution < -0.4 is 5.32 Å². The molecule has 1 fully saturated rings. The van der Waals surface area contributed by atoms with Gasteiger partial charge in [-0.2, -0.15) is 5.10 Å². The average Bonchev–Trinajstić information content (AvgIpc) is 2.93. The van der Waals surface area contributed by atoms with Gasteiger partial charge in [-0.1, -0.05) is 0 Å². The molecule has 8 nitrogen and oxygen atoms in total. The van der Waals surface area contributed by atoms with Crippen molar-refractivity contribution in [1.29, 1.82) is 0 Å². The highest BCUT2D eigenvalue weighted by Crippen LogP contribution is 2.24. The first-order valence-electron chi connectivity index (χ1n) is 6.20. The van der Waals surface area contributed by atoms with Crippen molar-refractivity contribution in [3.8, 4) is 0 Å². The largest absolute Gasteiger partial charge is 0.480 e. The molecule has 1 aliphatic rings. The molecule has 2 heterocycles. The van der Waals surface area contributed by atoms with Crippen LogP contribution in [0.2, 0.25) is 0 Å². The van der Waals surface area contributed by atoms with E-state index in [1.807, 2.05) is 0 Å². The number of rotatable bonds is 6. The second kappa shape index (κ2) is 6.48. The third kappa shape index (κ3) is 5.05. The second-order valence-corrected chi connectivity index (χ2v) is 8.22. The lowest BCUT2D eigenvalue weighted by atomic mass is 10.4. The minimum absolute atomic E-state index is 0.0320. The number of hydrogen-bond acceptors (Lipinski definition) is 6. The second-order valence-electron chi connectivity index (χ2n) is 4.70. The van der Waals surface area contributed by atoms with E-state index in [2.05, 4.69) is 10.4 Å². The molecule has 10 heteroatoms. The van der Waals surface area contributed by atoms with E-state index < -0.39 is 15.8 Å². The number of aliphatic carboxylic acids is 1. The van der Waals surface area contributed by atoms with Gasteiger partial charge in [-0.15, -0.1) is 11.8 Å². The quantitative estimate of drug-likeness (QED) is 0.741. The molecule has 1 aromatic rings. The lowest BCUT2D eigenvalue weighted by Gasteiger charge is -2.06. The molecule has 0 aliphatic carbocycles. The maximum Gasteiger partial charge on any atom is 0.325 e. The molecule has 1 aromatic heterocycles. The minimum Gasteiger partial charge on any atom is -0.480 e. The van der Waals surface area contributed by atoms with Gasteiger partial charge in [0.1, 0.15) is 6.54 Å². The van der Waals surface area contributed by atoms with Crippen LogP contribution in [-0.4, -0.2) is 57.7 Å². The molecular weight excluding hydrogens is 318 g/mol. The van der Waals surface area contributed by atoms with Gasteiger partial charge in [0.15, 0.2) is 9.84 Å². The average molecular weight is 333 g/mol. The summed E-state index contributed by atoms with van der Waals surface area (Å²) in [4.78, 5) is 22.2. The van der Waals surface area contributed by atoms with Crippen molar-refractivity contribution in [2.75, 3.05) is 22.6 Å². The van der Waals surface area contributed by atoms with Crippen molar-refractivity contribution in [1.82, 2.24) is 9.78 Å². The molecule has 1 atom stereocenters. The van der Waals surface area contributed by atoms with E-state index in [1.165, 1.54) is 28.8 Å². The Morgan fingerprint density at radius 2 is 2.29 bits per heavy atom. The first kappa shape index (κ1) is 15.8. The van der Waals surface area contributed by atoms with Gasteiger partial charge in [-0.3, -0.25) is 14.3 Å². The number of nitrogens with one attached hydrogen (secondary N) is 1. The summed E-state index contributed by atoms with van der Waals surface area (Å²) in [7, 11) is -2.93. The van der Waals surface area contributed by atoms with Crippen LogP contribution in [-0.2, 0) is 26.0 Å². The smallest absolute Gasteiger partial charge is 0.325 e. The number of carbonyl (C=O) groups is 2. The predicted molar refractivity (Wildman–Crippen MR) is 78.0 cm³/mol. The Kier molecular flexibility index (Phi) is 4.88. The zero-order valence-corrected chi connectivity index (χ0v) is 12.7. The highest BCUT2D eigenvalue weighted by atomic mass is 32.2. The number of hydrogen-bond donors (Lipinski definition) is 2. The maximum atomic E-state index is 11.7. The van der Waals surface area contributed by atoms with Crippen LogP contribution in [0.15, 0.2) is 12.4 Å². The van der Waals surface area contributed by atoms with Gasteiger partial charge in [0.2, 0.25) is 5.91 Å². The van der Waals surface area contributed by atoms with Gasteiger partial charge in [-0.25, -0.2) is 8.42 Å². The van der Waals surface area contributed by atoms with Crippen LogP contribution >= 0.6 is 11.8 Å². The summed E-state index contributed by atoms with van der Waals surface area (Å²) in [5.41, 5.74) is 0.417. The molecule has 2 N–H and O–H groups in total. The SMILES string of the molecule is O=C(O)Cn1cc(NC(=O)CSC2CCS(=O)(=O)C2)cn1. The van der Waals surface area contributed by atoms with Crippen LogP contribution in [0.5, 0.6) is 0 Å². The van der Waals surface area contributed by atoms with Crippen molar-refractivity contribution >= 4 is 39.2 Å². The Labute approximate surface area is 125 Å². The molecule has 0 spiro atoms. The van der Waals surface area contributed by atoms with Crippen LogP contribution in [0, 0.1) is 0 Å². The lowest BCUT2D eigenvalue weighted by Crippen LogP contribution is -2.17. The van der Waals surface area contributed by atoms with Gasteiger partial charge >= 0.3 is 5.97 Å². The Hall–Kier alpha value is -1.55. The third-order valence-electron chi connectivity index (χ3n) is 2.86. The first-order chi connectivity index (χ1) is 9.84. The lowest BCUT2D eigenvalue weighted by molar-refractivity contribution is -0.137. The molecule has 0 aromatic carbocycles. The van der Waals surface area contributed by atoms with E-state index >= 15 is 0 Å². The summed E-state index contributed by atoms with van der Waals surface area (Å²) >= 11 is 1.32. The van der Waals surface area contributed by atoms with Crippen molar-refractivity contribution in [3.05, 3.63) is 12.4 Å². The predicted octanol–water partition coefficient (Wildman–Crippen LogP) is -0.173. The molecule has 2 rings (SSSR count). The fourth-order valence-electron chi connectivity index (χ4n) is 1.94. The highest BCUT2D eigenvalue weighted by molar-refractivity contribution is 8.02. The summed E-state index contributed by atoms with van der Waals surface area (Å²) in [6, 6.07) is 0. The summed E-state index contributed by atoms with van der Waals surface area (Å²) < 4.78 is 23.8. The molecular formula is C11H15N3O5S2. The number of carboxylic acids is 1. The van der Waals surface area contributed by atoms with Crippen LogP contribution in [0.3, 0.4) is 0 Å². The van der Waals surface area contributed by atoms with Crippen LogP contribution in [0.4, 0.5) is 5.69 Å². The molecule has 116 valence electrons. The van der Waals surface area contributed by atoms with Gasteiger partial charge in [0.25, 0.3) is 0 Å². The number of thioether (sulfide) groups is 1. The number of amides is 1. The van der Waals surface area contributed by atoms with Gasteiger partial charge in [0.05, 0.1) is 29.1 Å². The number of sulfone groups is 1. The van der Waals surface area contributed by atoms with Crippen LogP contribution in [0.25, 0.3) is 0 Å². The number of aromatic nitrogens is 2. The van der Waals surface area contributed by atoms with Crippen molar-refractivity contribution in [2.45, 2.75) is 18.2 Å². The zero-order chi connectivity index (χ0) is 15.5. The van der Waals surface area contributed by atoms with Gasteiger partial charge < -0.3 is 10.4 Å². The molecule has 1 amide bonds. The van der Waals surface area contributed by atoms with E-state index in [4.69, 9.17) is 5.11 Å². The summed E-state index contributed by atoms with van der Waals surface area (Å²) in [5.74, 6) is -0.812. The van der Waals surface area contributed by atoms with Gasteiger partial charge in [-0.05, 0) is 6.42 Å². The Balaban J connectivity index is 1.77. The molecule has 1 saturated heterocycles. The van der Waals surface area contributed by atoms with E-state index in [9.17, 15) is 18.0 Å². The molecule has 1 unspecified atom stereocenters. The van der Waals surface area contributed by atoms with E-state index in [0.717, 1.165) is 0 Å². The Morgan fingerprint density at radius 3 is 2.90 bits per heavy atom. The summed E-state index contributed by atoms with van der Waals surface area (Å²) in [6.45, 7) is -0.273. The minimum atomic E-state index is -2.93. The molecule has 0 radical (unpaired) electrons.